The maximum atomic E-state index is 11.9. The molecule has 2 rings (SSSR count). The molecule has 2 aromatic carbocycles. The summed E-state index contributed by atoms with van der Waals surface area (Å²) in [6, 6.07) is 10.7. The maximum absolute atomic E-state index is 11.9. The van der Waals surface area contributed by atoms with Crippen LogP contribution in [0.3, 0.4) is 0 Å². The van der Waals surface area contributed by atoms with Gasteiger partial charge in [0, 0.05) is 15.2 Å². The van der Waals surface area contributed by atoms with Crippen LogP contribution in [-0.2, 0) is 0 Å². The van der Waals surface area contributed by atoms with Crippen LogP contribution in [0.15, 0.2) is 46.9 Å². The van der Waals surface area contributed by atoms with Crippen molar-refractivity contribution < 1.29 is 14.7 Å². The monoisotopic (exact) mass is 368 g/mol. The van der Waals surface area contributed by atoms with Gasteiger partial charge in [0.1, 0.15) is 0 Å². The van der Waals surface area contributed by atoms with Crippen LogP contribution in [0.2, 0.25) is 5.02 Å². The highest BCUT2D eigenvalue weighted by Crippen LogP contribution is 2.21. The number of anilines is 2. The summed E-state index contributed by atoms with van der Waals surface area (Å²) in [5.41, 5.74) is 0.666. The Kier molecular flexibility index (Phi) is 4.82. The van der Waals surface area contributed by atoms with Crippen molar-refractivity contribution >= 4 is 50.9 Å². The molecular formula is C14H10BrClN2O3. The third kappa shape index (κ3) is 4.21. The first-order chi connectivity index (χ1) is 9.95. The first-order valence-electron chi connectivity index (χ1n) is 5.82. The first kappa shape index (κ1) is 15.3. The van der Waals surface area contributed by atoms with Gasteiger partial charge in [-0.2, -0.15) is 0 Å². The number of hydrogen-bond donors (Lipinski definition) is 3. The summed E-state index contributed by atoms with van der Waals surface area (Å²) < 4.78 is 0.818. The number of rotatable bonds is 3. The quantitative estimate of drug-likeness (QED) is 0.748. The van der Waals surface area contributed by atoms with Gasteiger partial charge < -0.3 is 15.7 Å². The van der Waals surface area contributed by atoms with E-state index in [1.54, 1.807) is 18.2 Å². The van der Waals surface area contributed by atoms with E-state index in [0.29, 0.717) is 5.69 Å². The zero-order valence-electron chi connectivity index (χ0n) is 10.6. The summed E-state index contributed by atoms with van der Waals surface area (Å²) in [4.78, 5) is 23.0. The molecule has 0 unspecified atom stereocenters. The Morgan fingerprint density at radius 2 is 1.86 bits per heavy atom. The zero-order chi connectivity index (χ0) is 15.4. The fourth-order valence-corrected chi connectivity index (χ4v) is 2.22. The van der Waals surface area contributed by atoms with Crippen molar-refractivity contribution in [2.75, 3.05) is 10.6 Å². The second kappa shape index (κ2) is 6.60. The topological polar surface area (TPSA) is 78.4 Å². The van der Waals surface area contributed by atoms with Crippen LogP contribution in [0.5, 0.6) is 0 Å². The molecular weight excluding hydrogens is 360 g/mol. The Bertz CT molecular complexity index is 706. The largest absolute Gasteiger partial charge is 0.478 e. The lowest BCUT2D eigenvalue weighted by molar-refractivity contribution is 0.0698. The molecule has 0 fully saturated rings. The molecule has 0 aliphatic carbocycles. The Balaban J connectivity index is 2.15. The number of halogens is 2. The van der Waals surface area contributed by atoms with Crippen molar-refractivity contribution in [2.45, 2.75) is 0 Å². The predicted octanol–water partition coefficient (Wildman–Crippen LogP) is 4.44. The molecule has 108 valence electrons. The molecule has 0 aliphatic heterocycles. The fraction of sp³-hybridized carbons (Fsp3) is 0. The van der Waals surface area contributed by atoms with E-state index >= 15 is 0 Å². The van der Waals surface area contributed by atoms with E-state index in [0.717, 1.165) is 4.47 Å². The van der Waals surface area contributed by atoms with Crippen molar-refractivity contribution in [1.82, 2.24) is 0 Å². The SMILES string of the molecule is O=C(Nc1cccc(Br)c1)Nc1ccc(Cl)cc1C(=O)O. The number of carboxylic acid groups (broad SMARTS) is 1. The third-order valence-electron chi connectivity index (χ3n) is 2.54. The zero-order valence-corrected chi connectivity index (χ0v) is 12.9. The molecule has 0 aliphatic rings. The molecule has 5 nitrogen and oxygen atoms in total. The maximum Gasteiger partial charge on any atom is 0.337 e. The van der Waals surface area contributed by atoms with Gasteiger partial charge in [-0.15, -0.1) is 0 Å². The van der Waals surface area contributed by atoms with Crippen molar-refractivity contribution in [3.63, 3.8) is 0 Å². The van der Waals surface area contributed by atoms with Gasteiger partial charge >= 0.3 is 12.0 Å². The molecule has 0 atom stereocenters. The van der Waals surface area contributed by atoms with Gasteiger partial charge in [-0.25, -0.2) is 9.59 Å². The second-order valence-electron chi connectivity index (χ2n) is 4.08. The van der Waals surface area contributed by atoms with E-state index in [2.05, 4.69) is 26.6 Å². The molecule has 0 aromatic heterocycles. The third-order valence-corrected chi connectivity index (χ3v) is 3.27. The Hall–Kier alpha value is -2.05. The predicted molar refractivity (Wildman–Crippen MR) is 85.2 cm³/mol. The molecule has 0 bridgehead atoms. The van der Waals surface area contributed by atoms with E-state index in [-0.39, 0.29) is 16.3 Å². The molecule has 21 heavy (non-hydrogen) atoms. The summed E-state index contributed by atoms with van der Waals surface area (Å²) >= 11 is 9.04. The van der Waals surface area contributed by atoms with Crippen LogP contribution >= 0.6 is 27.5 Å². The first-order valence-corrected chi connectivity index (χ1v) is 6.99. The van der Waals surface area contributed by atoms with Crippen LogP contribution in [0, 0.1) is 0 Å². The number of hydrogen-bond acceptors (Lipinski definition) is 2. The van der Waals surface area contributed by atoms with Crippen molar-refractivity contribution in [3.8, 4) is 0 Å². The van der Waals surface area contributed by atoms with E-state index < -0.39 is 12.0 Å². The van der Waals surface area contributed by atoms with E-state index in [1.807, 2.05) is 6.07 Å². The molecule has 3 N–H and O–H groups in total. The molecule has 0 saturated carbocycles. The Morgan fingerprint density at radius 3 is 2.52 bits per heavy atom. The number of urea groups is 1. The van der Waals surface area contributed by atoms with Crippen LogP contribution in [0.25, 0.3) is 0 Å². The van der Waals surface area contributed by atoms with Gasteiger partial charge in [-0.3, -0.25) is 0 Å². The number of benzene rings is 2. The van der Waals surface area contributed by atoms with Gasteiger partial charge in [0.05, 0.1) is 11.3 Å². The van der Waals surface area contributed by atoms with E-state index in [4.69, 9.17) is 16.7 Å². The molecule has 0 radical (unpaired) electrons. The average molecular weight is 370 g/mol. The van der Waals surface area contributed by atoms with Gasteiger partial charge in [-0.1, -0.05) is 33.6 Å². The highest BCUT2D eigenvalue weighted by atomic mass is 79.9. The van der Waals surface area contributed by atoms with Gasteiger partial charge in [0.15, 0.2) is 0 Å². The Morgan fingerprint density at radius 1 is 1.10 bits per heavy atom. The minimum Gasteiger partial charge on any atom is -0.478 e. The average Bonchev–Trinajstić information content (AvgIpc) is 2.40. The molecule has 2 aromatic rings. The van der Waals surface area contributed by atoms with Gasteiger partial charge in [0.2, 0.25) is 0 Å². The van der Waals surface area contributed by atoms with Crippen molar-refractivity contribution in [3.05, 3.63) is 57.5 Å². The smallest absolute Gasteiger partial charge is 0.337 e. The minimum atomic E-state index is -1.17. The summed E-state index contributed by atoms with van der Waals surface area (Å²) in [7, 11) is 0. The summed E-state index contributed by atoms with van der Waals surface area (Å²) in [5.74, 6) is -1.17. The lowest BCUT2D eigenvalue weighted by Crippen LogP contribution is -2.21. The minimum absolute atomic E-state index is 0.0770. The molecule has 0 spiro atoms. The highest BCUT2D eigenvalue weighted by molar-refractivity contribution is 9.10. The van der Waals surface area contributed by atoms with E-state index in [9.17, 15) is 9.59 Å². The van der Waals surface area contributed by atoms with Gasteiger partial charge in [0.25, 0.3) is 0 Å². The second-order valence-corrected chi connectivity index (χ2v) is 5.44. The highest BCUT2D eigenvalue weighted by Gasteiger charge is 2.13. The lowest BCUT2D eigenvalue weighted by atomic mass is 10.2. The Labute approximate surface area is 134 Å². The summed E-state index contributed by atoms with van der Waals surface area (Å²) in [6.45, 7) is 0. The number of aromatic carboxylic acids is 1. The molecule has 7 heteroatoms. The van der Waals surface area contributed by atoms with E-state index in [1.165, 1.54) is 18.2 Å². The number of carbonyl (C=O) groups excluding carboxylic acids is 1. The van der Waals surface area contributed by atoms with Gasteiger partial charge in [-0.05, 0) is 36.4 Å². The molecule has 0 heterocycles. The number of amides is 2. The normalized spacial score (nSPS) is 10.0. The molecule has 2 amide bonds. The summed E-state index contributed by atoms with van der Waals surface area (Å²) in [5, 5.41) is 14.5. The van der Waals surface area contributed by atoms with Crippen LogP contribution in [0.4, 0.5) is 16.2 Å². The van der Waals surface area contributed by atoms with Crippen LogP contribution in [0.1, 0.15) is 10.4 Å². The van der Waals surface area contributed by atoms with Crippen LogP contribution < -0.4 is 10.6 Å². The standard InChI is InChI=1S/C14H10BrClN2O3/c15-8-2-1-3-10(6-8)17-14(21)18-12-5-4-9(16)7-11(12)13(19)20/h1-7H,(H,19,20)(H2,17,18,21). The van der Waals surface area contributed by atoms with Crippen molar-refractivity contribution in [1.29, 1.82) is 0 Å². The number of nitrogens with one attached hydrogen (secondary N) is 2. The number of carboxylic acids is 1. The van der Waals surface area contributed by atoms with Crippen molar-refractivity contribution in [2.24, 2.45) is 0 Å². The molecule has 0 saturated heterocycles. The number of carbonyl (C=O) groups is 2. The summed E-state index contributed by atoms with van der Waals surface area (Å²) in [6.07, 6.45) is 0. The lowest BCUT2D eigenvalue weighted by Gasteiger charge is -2.10. The van der Waals surface area contributed by atoms with Crippen LogP contribution in [-0.4, -0.2) is 17.1 Å². The fourth-order valence-electron chi connectivity index (χ4n) is 1.65.